The van der Waals surface area contributed by atoms with Crippen molar-refractivity contribution in [3.8, 4) is 0 Å². The fourth-order valence-corrected chi connectivity index (χ4v) is 3.15. The number of hydrogen-bond donors (Lipinski definition) is 2. The molecule has 0 aliphatic carbocycles. The summed E-state index contributed by atoms with van der Waals surface area (Å²) in [6, 6.07) is 10.8. The molecule has 1 unspecified atom stereocenters. The van der Waals surface area contributed by atoms with Gasteiger partial charge in [0.1, 0.15) is 5.82 Å². The van der Waals surface area contributed by atoms with E-state index in [1.807, 2.05) is 6.92 Å². The normalized spacial score (nSPS) is 12.6. The fourth-order valence-electron chi connectivity index (χ4n) is 1.83. The molecule has 0 saturated carbocycles. The summed E-state index contributed by atoms with van der Waals surface area (Å²) in [5, 5.41) is 2.64. The van der Waals surface area contributed by atoms with E-state index >= 15 is 0 Å². The second kappa shape index (κ2) is 7.34. The lowest BCUT2D eigenvalue weighted by Gasteiger charge is -2.12. The molecule has 2 N–H and O–H groups in total. The van der Waals surface area contributed by atoms with Gasteiger partial charge in [0, 0.05) is 17.8 Å². The number of rotatable bonds is 6. The largest absolute Gasteiger partial charge is 0.307 e. The smallest absolute Gasteiger partial charge is 0.256 e. The zero-order valence-electron chi connectivity index (χ0n) is 13.0. The summed E-state index contributed by atoms with van der Waals surface area (Å²) in [7, 11) is -3.57. The number of amides is 1. The summed E-state index contributed by atoms with van der Waals surface area (Å²) < 4.78 is 26.9. The van der Waals surface area contributed by atoms with Gasteiger partial charge in [0.25, 0.3) is 5.91 Å². The van der Waals surface area contributed by atoms with Crippen LogP contribution in [0.2, 0.25) is 0 Å². The molecule has 0 fully saturated rings. The van der Waals surface area contributed by atoms with E-state index in [0.29, 0.717) is 17.8 Å². The van der Waals surface area contributed by atoms with Gasteiger partial charge in [-0.25, -0.2) is 18.1 Å². The van der Waals surface area contributed by atoms with Crippen molar-refractivity contribution in [2.75, 3.05) is 5.32 Å². The number of sulfonamides is 1. The minimum Gasteiger partial charge on any atom is -0.307 e. The Morgan fingerprint density at radius 3 is 2.43 bits per heavy atom. The predicted molar refractivity (Wildman–Crippen MR) is 88.7 cm³/mol. The SMILES string of the molecule is CCC(C)NS(=O)(=O)c1ccc(C(=O)Nc2ccccn2)cc1. The van der Waals surface area contributed by atoms with Gasteiger partial charge in [-0.15, -0.1) is 0 Å². The predicted octanol–water partition coefficient (Wildman–Crippen LogP) is 2.41. The molecule has 6 nitrogen and oxygen atoms in total. The highest BCUT2D eigenvalue weighted by Crippen LogP contribution is 2.13. The van der Waals surface area contributed by atoms with Gasteiger partial charge in [-0.2, -0.15) is 0 Å². The maximum absolute atomic E-state index is 12.2. The van der Waals surface area contributed by atoms with E-state index < -0.39 is 10.0 Å². The standard InChI is InChI=1S/C16H19N3O3S/c1-3-12(2)19-23(21,22)14-9-7-13(8-10-14)16(20)18-15-6-4-5-11-17-15/h4-12,19H,3H2,1-2H3,(H,17,18,20). The minimum atomic E-state index is -3.57. The molecule has 1 aromatic carbocycles. The van der Waals surface area contributed by atoms with Gasteiger partial charge in [0.15, 0.2) is 0 Å². The van der Waals surface area contributed by atoms with E-state index in [-0.39, 0.29) is 16.8 Å². The van der Waals surface area contributed by atoms with Gasteiger partial charge < -0.3 is 5.32 Å². The molecule has 0 radical (unpaired) electrons. The molecule has 0 spiro atoms. The van der Waals surface area contributed by atoms with Crippen LogP contribution in [-0.2, 0) is 10.0 Å². The second-order valence-electron chi connectivity index (χ2n) is 5.12. The summed E-state index contributed by atoms with van der Waals surface area (Å²) in [6.07, 6.45) is 2.27. The number of pyridine rings is 1. The Morgan fingerprint density at radius 2 is 1.87 bits per heavy atom. The average Bonchev–Trinajstić information content (AvgIpc) is 2.55. The van der Waals surface area contributed by atoms with E-state index in [1.54, 1.807) is 31.3 Å². The van der Waals surface area contributed by atoms with E-state index in [2.05, 4.69) is 15.0 Å². The maximum Gasteiger partial charge on any atom is 0.256 e. The number of carbonyl (C=O) groups is 1. The molecule has 1 aromatic heterocycles. The lowest BCUT2D eigenvalue weighted by atomic mass is 10.2. The van der Waals surface area contributed by atoms with Crippen molar-refractivity contribution in [2.45, 2.75) is 31.2 Å². The van der Waals surface area contributed by atoms with Crippen molar-refractivity contribution in [1.82, 2.24) is 9.71 Å². The molecule has 0 saturated heterocycles. The van der Waals surface area contributed by atoms with E-state index in [4.69, 9.17) is 0 Å². The third kappa shape index (κ3) is 4.61. The van der Waals surface area contributed by atoms with E-state index in [9.17, 15) is 13.2 Å². The monoisotopic (exact) mass is 333 g/mol. The summed E-state index contributed by atoms with van der Waals surface area (Å²) in [6.45, 7) is 3.70. The molecule has 1 atom stereocenters. The number of anilines is 1. The minimum absolute atomic E-state index is 0.132. The van der Waals surface area contributed by atoms with Crippen molar-refractivity contribution in [3.05, 3.63) is 54.2 Å². The summed E-state index contributed by atoms with van der Waals surface area (Å²) in [4.78, 5) is 16.2. The van der Waals surface area contributed by atoms with E-state index in [0.717, 1.165) is 0 Å². The summed E-state index contributed by atoms with van der Waals surface area (Å²) >= 11 is 0. The first kappa shape index (κ1) is 17.1. The average molecular weight is 333 g/mol. The van der Waals surface area contributed by atoms with Crippen molar-refractivity contribution < 1.29 is 13.2 Å². The van der Waals surface area contributed by atoms with Crippen LogP contribution in [0, 0.1) is 0 Å². The molecule has 1 amide bonds. The molecule has 2 aromatic rings. The molecule has 122 valence electrons. The van der Waals surface area contributed by atoms with Crippen LogP contribution in [0.25, 0.3) is 0 Å². The topological polar surface area (TPSA) is 88.2 Å². The number of carbonyl (C=O) groups excluding carboxylic acids is 1. The number of nitrogens with one attached hydrogen (secondary N) is 2. The zero-order valence-corrected chi connectivity index (χ0v) is 13.8. The third-order valence-electron chi connectivity index (χ3n) is 3.30. The Labute approximate surface area is 136 Å². The van der Waals surface area contributed by atoms with Gasteiger partial charge in [0.05, 0.1) is 4.90 Å². The Balaban J connectivity index is 2.11. The molecule has 2 rings (SSSR count). The molecule has 0 aliphatic rings. The van der Waals surface area contributed by atoms with Gasteiger partial charge in [0.2, 0.25) is 10.0 Å². The van der Waals surface area contributed by atoms with Crippen LogP contribution in [0.15, 0.2) is 53.6 Å². The highest BCUT2D eigenvalue weighted by molar-refractivity contribution is 7.89. The second-order valence-corrected chi connectivity index (χ2v) is 6.84. The number of benzene rings is 1. The van der Waals surface area contributed by atoms with Crippen molar-refractivity contribution in [2.24, 2.45) is 0 Å². The molecular weight excluding hydrogens is 314 g/mol. The molecule has 23 heavy (non-hydrogen) atoms. The van der Waals surface area contributed by atoms with Crippen LogP contribution < -0.4 is 10.0 Å². The first-order chi connectivity index (χ1) is 10.9. The zero-order chi connectivity index (χ0) is 16.9. The Morgan fingerprint density at radius 1 is 1.17 bits per heavy atom. The fraction of sp³-hybridized carbons (Fsp3) is 0.250. The Kier molecular flexibility index (Phi) is 5.46. The van der Waals surface area contributed by atoms with Crippen LogP contribution >= 0.6 is 0 Å². The molecule has 0 bridgehead atoms. The summed E-state index contributed by atoms with van der Waals surface area (Å²) in [5.74, 6) is 0.0927. The van der Waals surface area contributed by atoms with Gasteiger partial charge in [-0.05, 0) is 49.7 Å². The lowest BCUT2D eigenvalue weighted by molar-refractivity contribution is 0.102. The molecule has 7 heteroatoms. The summed E-state index contributed by atoms with van der Waals surface area (Å²) in [5.41, 5.74) is 0.359. The molecule has 0 aliphatic heterocycles. The van der Waals surface area contributed by atoms with Gasteiger partial charge >= 0.3 is 0 Å². The number of nitrogens with zero attached hydrogens (tertiary/aromatic N) is 1. The lowest BCUT2D eigenvalue weighted by Crippen LogP contribution is -2.32. The third-order valence-corrected chi connectivity index (χ3v) is 4.91. The Hall–Kier alpha value is -2.25. The van der Waals surface area contributed by atoms with Crippen molar-refractivity contribution in [1.29, 1.82) is 0 Å². The van der Waals surface area contributed by atoms with Crippen molar-refractivity contribution >= 4 is 21.7 Å². The van der Waals surface area contributed by atoms with E-state index in [1.165, 1.54) is 24.3 Å². The first-order valence-electron chi connectivity index (χ1n) is 7.27. The number of hydrogen-bond acceptors (Lipinski definition) is 4. The maximum atomic E-state index is 12.2. The highest BCUT2D eigenvalue weighted by Gasteiger charge is 2.17. The highest BCUT2D eigenvalue weighted by atomic mass is 32.2. The quantitative estimate of drug-likeness (QED) is 0.850. The Bertz CT molecular complexity index is 759. The van der Waals surface area contributed by atoms with Crippen LogP contribution in [0.4, 0.5) is 5.82 Å². The van der Waals surface area contributed by atoms with Crippen molar-refractivity contribution in [3.63, 3.8) is 0 Å². The molecule has 1 heterocycles. The molecular formula is C16H19N3O3S. The van der Waals surface area contributed by atoms with Gasteiger partial charge in [-0.1, -0.05) is 13.0 Å². The van der Waals surface area contributed by atoms with Gasteiger partial charge in [-0.3, -0.25) is 4.79 Å². The van der Waals surface area contributed by atoms with Crippen LogP contribution in [0.1, 0.15) is 30.6 Å². The van der Waals surface area contributed by atoms with Crippen LogP contribution in [0.5, 0.6) is 0 Å². The number of aromatic nitrogens is 1. The van der Waals surface area contributed by atoms with Crippen LogP contribution in [-0.4, -0.2) is 25.4 Å². The first-order valence-corrected chi connectivity index (χ1v) is 8.75. The van der Waals surface area contributed by atoms with Crippen LogP contribution in [0.3, 0.4) is 0 Å².